The number of amides is 1. The number of hydrogen-bond donors (Lipinski definition) is 1. The van der Waals surface area contributed by atoms with Crippen LogP contribution in [0.15, 0.2) is 24.3 Å². The van der Waals surface area contributed by atoms with Crippen LogP contribution in [-0.4, -0.2) is 48.2 Å². The lowest BCUT2D eigenvalue weighted by Crippen LogP contribution is -2.39. The van der Waals surface area contributed by atoms with E-state index in [1.807, 2.05) is 6.92 Å². The van der Waals surface area contributed by atoms with Gasteiger partial charge in [0.2, 0.25) is 0 Å². The number of carboxylic acids is 1. The Morgan fingerprint density at radius 3 is 2.32 bits per heavy atom. The number of aliphatic carboxylic acids is 1. The molecule has 1 amide bonds. The lowest BCUT2D eigenvalue weighted by Gasteiger charge is -2.21. The number of hydrogen-bond acceptors (Lipinski definition) is 4. The zero-order chi connectivity index (χ0) is 16.3. The Kier molecular flexibility index (Phi) is 4.90. The standard InChI is InChI=1S/C16H21NO5/c1-10-8-17(9-14(10)16(19)20)15(18)11(2)22-13-6-4-12(21-3)5-7-13/h4-7,10-11,14H,8-9H2,1-3H3,(H,19,20)/t10-,11?,14-/m1/s1. The van der Waals surface area contributed by atoms with Gasteiger partial charge in [0.1, 0.15) is 11.5 Å². The largest absolute Gasteiger partial charge is 0.497 e. The smallest absolute Gasteiger partial charge is 0.308 e. The molecule has 120 valence electrons. The number of likely N-dealkylation sites (tertiary alicyclic amines) is 1. The average molecular weight is 307 g/mol. The summed E-state index contributed by atoms with van der Waals surface area (Å²) in [4.78, 5) is 25.1. The Morgan fingerprint density at radius 1 is 1.23 bits per heavy atom. The van der Waals surface area contributed by atoms with E-state index in [2.05, 4.69) is 0 Å². The number of carbonyl (C=O) groups is 2. The summed E-state index contributed by atoms with van der Waals surface area (Å²) in [5.74, 6) is -0.308. The first-order valence-electron chi connectivity index (χ1n) is 7.24. The molecule has 2 rings (SSSR count). The van der Waals surface area contributed by atoms with E-state index in [1.54, 1.807) is 43.2 Å². The predicted octanol–water partition coefficient (Wildman–Crippen LogP) is 1.64. The van der Waals surface area contributed by atoms with Gasteiger partial charge in [-0.15, -0.1) is 0 Å². The number of ether oxygens (including phenoxy) is 2. The van der Waals surface area contributed by atoms with E-state index in [0.29, 0.717) is 18.0 Å². The van der Waals surface area contributed by atoms with Crippen LogP contribution < -0.4 is 9.47 Å². The van der Waals surface area contributed by atoms with Gasteiger partial charge in [0.05, 0.1) is 13.0 Å². The molecule has 1 aromatic rings. The van der Waals surface area contributed by atoms with Crippen LogP contribution in [0.1, 0.15) is 13.8 Å². The number of carboxylic acid groups (broad SMARTS) is 1. The summed E-state index contributed by atoms with van der Waals surface area (Å²) in [7, 11) is 1.58. The molecule has 0 radical (unpaired) electrons. The first-order chi connectivity index (χ1) is 10.4. The van der Waals surface area contributed by atoms with Gasteiger partial charge in [-0.2, -0.15) is 0 Å². The maximum Gasteiger partial charge on any atom is 0.308 e. The molecule has 1 heterocycles. The van der Waals surface area contributed by atoms with Crippen LogP contribution in [0.25, 0.3) is 0 Å². The maximum atomic E-state index is 12.4. The summed E-state index contributed by atoms with van der Waals surface area (Å²) in [6, 6.07) is 6.97. The van der Waals surface area contributed by atoms with Crippen molar-refractivity contribution in [3.05, 3.63) is 24.3 Å². The fraction of sp³-hybridized carbons (Fsp3) is 0.500. The van der Waals surface area contributed by atoms with Crippen LogP contribution in [0, 0.1) is 11.8 Å². The molecule has 0 aliphatic carbocycles. The van der Waals surface area contributed by atoms with E-state index in [0.717, 1.165) is 0 Å². The minimum absolute atomic E-state index is 0.0466. The van der Waals surface area contributed by atoms with Crippen LogP contribution in [0.2, 0.25) is 0 Å². The highest BCUT2D eigenvalue weighted by atomic mass is 16.5. The summed E-state index contributed by atoms with van der Waals surface area (Å²) in [5.41, 5.74) is 0. The second-order valence-corrected chi connectivity index (χ2v) is 5.60. The average Bonchev–Trinajstić information content (AvgIpc) is 2.89. The van der Waals surface area contributed by atoms with E-state index >= 15 is 0 Å². The van der Waals surface area contributed by atoms with Gasteiger partial charge >= 0.3 is 5.97 Å². The molecule has 3 atom stereocenters. The molecule has 1 saturated heterocycles. The summed E-state index contributed by atoms with van der Waals surface area (Å²) < 4.78 is 10.7. The Morgan fingerprint density at radius 2 is 1.82 bits per heavy atom. The van der Waals surface area contributed by atoms with Gasteiger partial charge in [-0.25, -0.2) is 0 Å². The minimum atomic E-state index is -0.855. The molecule has 0 bridgehead atoms. The highest BCUT2D eigenvalue weighted by Crippen LogP contribution is 2.25. The summed E-state index contributed by atoms with van der Waals surface area (Å²) >= 11 is 0. The minimum Gasteiger partial charge on any atom is -0.497 e. The lowest BCUT2D eigenvalue weighted by molar-refractivity contribution is -0.142. The first kappa shape index (κ1) is 16.1. The van der Waals surface area contributed by atoms with Crippen LogP contribution in [0.5, 0.6) is 11.5 Å². The Balaban J connectivity index is 1.96. The topological polar surface area (TPSA) is 76.1 Å². The summed E-state index contributed by atoms with van der Waals surface area (Å²) in [5, 5.41) is 9.13. The zero-order valence-electron chi connectivity index (χ0n) is 13.0. The molecular weight excluding hydrogens is 286 g/mol. The SMILES string of the molecule is COc1ccc(OC(C)C(=O)N2C[C@@H](C)[C@H](C(=O)O)C2)cc1. The predicted molar refractivity (Wildman–Crippen MR) is 80.0 cm³/mol. The number of rotatable bonds is 5. The van der Waals surface area contributed by atoms with Crippen molar-refractivity contribution in [2.24, 2.45) is 11.8 Å². The van der Waals surface area contributed by atoms with Gasteiger partial charge < -0.3 is 19.5 Å². The molecule has 1 fully saturated rings. The quantitative estimate of drug-likeness (QED) is 0.895. The van der Waals surface area contributed by atoms with Gasteiger partial charge in [-0.1, -0.05) is 6.92 Å². The van der Waals surface area contributed by atoms with Crippen molar-refractivity contribution in [2.45, 2.75) is 20.0 Å². The normalized spacial score (nSPS) is 22.2. The number of methoxy groups -OCH3 is 1. The van der Waals surface area contributed by atoms with Crippen molar-refractivity contribution in [3.63, 3.8) is 0 Å². The fourth-order valence-electron chi connectivity index (χ4n) is 2.63. The molecular formula is C16H21NO5. The molecule has 1 aliphatic rings. The van der Waals surface area contributed by atoms with E-state index in [4.69, 9.17) is 14.6 Å². The van der Waals surface area contributed by atoms with E-state index < -0.39 is 18.0 Å². The molecule has 1 aromatic carbocycles. The van der Waals surface area contributed by atoms with E-state index in [9.17, 15) is 9.59 Å². The molecule has 6 nitrogen and oxygen atoms in total. The van der Waals surface area contributed by atoms with Crippen LogP contribution in [-0.2, 0) is 9.59 Å². The number of nitrogens with zero attached hydrogens (tertiary/aromatic N) is 1. The Labute approximate surface area is 129 Å². The van der Waals surface area contributed by atoms with Crippen molar-refractivity contribution in [2.75, 3.05) is 20.2 Å². The van der Waals surface area contributed by atoms with Gasteiger partial charge in [0, 0.05) is 13.1 Å². The van der Waals surface area contributed by atoms with Gasteiger partial charge in [0.15, 0.2) is 6.10 Å². The third kappa shape index (κ3) is 3.50. The van der Waals surface area contributed by atoms with Crippen molar-refractivity contribution in [1.82, 2.24) is 4.90 Å². The van der Waals surface area contributed by atoms with Gasteiger partial charge in [-0.3, -0.25) is 9.59 Å². The monoisotopic (exact) mass is 307 g/mol. The van der Waals surface area contributed by atoms with E-state index in [-0.39, 0.29) is 18.4 Å². The van der Waals surface area contributed by atoms with Crippen molar-refractivity contribution < 1.29 is 24.2 Å². The maximum absolute atomic E-state index is 12.4. The second kappa shape index (κ2) is 6.68. The highest BCUT2D eigenvalue weighted by molar-refractivity contribution is 5.82. The highest BCUT2D eigenvalue weighted by Gasteiger charge is 2.38. The summed E-state index contributed by atoms with van der Waals surface area (Å²) in [6.45, 7) is 4.21. The second-order valence-electron chi connectivity index (χ2n) is 5.60. The first-order valence-corrected chi connectivity index (χ1v) is 7.24. The molecule has 6 heteroatoms. The van der Waals surface area contributed by atoms with Crippen LogP contribution >= 0.6 is 0 Å². The van der Waals surface area contributed by atoms with Gasteiger partial charge in [0.25, 0.3) is 5.91 Å². The van der Waals surface area contributed by atoms with Crippen molar-refractivity contribution in [3.8, 4) is 11.5 Å². The fourth-order valence-corrected chi connectivity index (χ4v) is 2.63. The lowest BCUT2D eigenvalue weighted by atomic mass is 9.99. The van der Waals surface area contributed by atoms with Crippen molar-refractivity contribution in [1.29, 1.82) is 0 Å². The Bertz CT molecular complexity index is 542. The number of carbonyl (C=O) groups excluding carboxylic acids is 1. The molecule has 22 heavy (non-hydrogen) atoms. The third-order valence-corrected chi connectivity index (χ3v) is 3.96. The van der Waals surface area contributed by atoms with E-state index in [1.165, 1.54) is 0 Å². The third-order valence-electron chi connectivity index (χ3n) is 3.96. The van der Waals surface area contributed by atoms with Gasteiger partial charge in [-0.05, 0) is 37.1 Å². The van der Waals surface area contributed by atoms with Crippen molar-refractivity contribution >= 4 is 11.9 Å². The zero-order valence-corrected chi connectivity index (χ0v) is 13.0. The molecule has 0 saturated carbocycles. The molecule has 1 N–H and O–H groups in total. The number of benzene rings is 1. The molecule has 0 spiro atoms. The molecule has 0 aromatic heterocycles. The Hall–Kier alpha value is -2.24. The van der Waals surface area contributed by atoms with Crippen LogP contribution in [0.4, 0.5) is 0 Å². The molecule has 1 aliphatic heterocycles. The van der Waals surface area contributed by atoms with Crippen LogP contribution in [0.3, 0.4) is 0 Å². The molecule has 1 unspecified atom stereocenters. The summed E-state index contributed by atoms with van der Waals surface area (Å²) in [6.07, 6.45) is -0.659.